The van der Waals surface area contributed by atoms with Crippen molar-refractivity contribution in [1.82, 2.24) is 54.1 Å². The number of aromatic nitrogens is 11. The third-order valence-corrected chi connectivity index (χ3v) is 7.83. The molecule has 5 heterocycles. The summed E-state index contributed by atoms with van der Waals surface area (Å²) in [5, 5.41) is 47.2. The van der Waals surface area contributed by atoms with Gasteiger partial charge in [0.05, 0.1) is 36.5 Å². The van der Waals surface area contributed by atoms with Crippen LogP contribution in [-0.2, 0) is 31.7 Å². The lowest BCUT2D eigenvalue weighted by Crippen LogP contribution is -2.15. The average Bonchev–Trinajstić information content (AvgIpc) is 3.89. The minimum absolute atomic E-state index is 0.0218. The lowest BCUT2D eigenvalue weighted by molar-refractivity contribution is 0.0601. The number of aliphatic hydroxyl groups excluding tert-OH is 1. The zero-order valence-corrected chi connectivity index (χ0v) is 29.6. The molecule has 0 atom stereocenters. The first-order valence-electron chi connectivity index (χ1n) is 16.4. The molecular weight excluding hydrogens is 676 g/mol. The van der Waals surface area contributed by atoms with E-state index in [-0.39, 0.29) is 63.6 Å². The molecule has 0 amide bonds. The molecule has 0 fully saturated rings. The molecule has 0 saturated carbocycles. The highest BCUT2D eigenvalue weighted by atomic mass is 16.5. The van der Waals surface area contributed by atoms with Gasteiger partial charge in [0.15, 0.2) is 40.4 Å². The molecule has 0 spiro atoms. The number of ether oxygens (including phenoxy) is 1. The fourth-order valence-electron chi connectivity index (χ4n) is 4.97. The second-order valence-electron chi connectivity index (χ2n) is 11.4. The minimum atomic E-state index is -0.711. The highest BCUT2D eigenvalue weighted by Crippen LogP contribution is 2.34. The Hall–Kier alpha value is -6.45. The third-order valence-electron chi connectivity index (χ3n) is 7.83. The van der Waals surface area contributed by atoms with Crippen LogP contribution in [0.5, 0.6) is 0 Å². The van der Waals surface area contributed by atoms with Gasteiger partial charge in [0.2, 0.25) is 5.95 Å². The Balaban J connectivity index is 1.61. The van der Waals surface area contributed by atoms with Gasteiger partial charge in [-0.1, -0.05) is 26.7 Å². The topological polar surface area (TPSA) is 287 Å². The van der Waals surface area contributed by atoms with Crippen molar-refractivity contribution in [2.75, 3.05) is 37.5 Å². The second-order valence-corrected chi connectivity index (χ2v) is 11.4. The van der Waals surface area contributed by atoms with Gasteiger partial charge >= 0.3 is 5.97 Å². The highest BCUT2D eigenvalue weighted by molar-refractivity contribution is 6.00. The smallest absolute Gasteiger partial charge is 0.343 e. The van der Waals surface area contributed by atoms with Gasteiger partial charge in [0.1, 0.15) is 12.2 Å². The summed E-state index contributed by atoms with van der Waals surface area (Å²) >= 11 is 0. The van der Waals surface area contributed by atoms with Gasteiger partial charge in [0, 0.05) is 21.1 Å². The zero-order valence-electron chi connectivity index (χ0n) is 29.6. The maximum Gasteiger partial charge on any atom is 0.343 e. The summed E-state index contributed by atoms with van der Waals surface area (Å²) in [4.78, 5) is 38.2. The van der Waals surface area contributed by atoms with Crippen LogP contribution in [-0.4, -0.2) is 91.7 Å². The Bertz CT molecular complexity index is 1990. The van der Waals surface area contributed by atoms with E-state index in [1.54, 1.807) is 21.1 Å². The van der Waals surface area contributed by atoms with Crippen molar-refractivity contribution in [1.29, 1.82) is 0 Å². The van der Waals surface area contributed by atoms with Crippen LogP contribution in [0.25, 0.3) is 11.9 Å². The number of nitrogen functional groups attached to an aromatic ring is 2. The van der Waals surface area contributed by atoms with E-state index in [2.05, 4.69) is 50.9 Å². The number of aliphatic hydroxyl groups is 1. The molecule has 0 aliphatic heterocycles. The first-order valence-corrected chi connectivity index (χ1v) is 16.4. The Labute approximate surface area is 297 Å². The molecular formula is C30H40N18O4. The number of rotatable bonds is 16. The number of unbranched alkanes of at least 4 members (excludes halogenated alkanes) is 2. The number of nitrogens with one attached hydrogen (secondary N) is 1. The van der Waals surface area contributed by atoms with Crippen LogP contribution in [0.2, 0.25) is 0 Å². The third kappa shape index (κ3) is 7.35. The largest absolute Gasteiger partial charge is 0.465 e. The molecule has 0 unspecified atom stereocenters. The van der Waals surface area contributed by atoms with E-state index in [1.807, 2.05) is 13.8 Å². The quantitative estimate of drug-likeness (QED) is 0.0647. The summed E-state index contributed by atoms with van der Waals surface area (Å²) < 4.78 is 10.2. The van der Waals surface area contributed by atoms with Crippen molar-refractivity contribution < 1.29 is 19.4 Å². The Morgan fingerprint density at radius 1 is 0.808 bits per heavy atom. The van der Waals surface area contributed by atoms with Crippen molar-refractivity contribution in [3.8, 4) is 11.9 Å². The van der Waals surface area contributed by atoms with Crippen LogP contribution in [0.4, 0.5) is 40.6 Å². The molecule has 52 heavy (non-hydrogen) atoms. The predicted molar refractivity (Wildman–Crippen MR) is 187 cm³/mol. The summed E-state index contributed by atoms with van der Waals surface area (Å²) in [7, 11) is 6.11. The number of methoxy groups -OCH3 is 1. The number of aryl methyl sites for hydroxylation is 4. The number of hydrogen-bond donors (Lipinski definition) is 4. The number of nitrogens with two attached hydrogens (primary N) is 2. The summed E-state index contributed by atoms with van der Waals surface area (Å²) in [6.07, 6.45) is 6.94. The first kappa shape index (κ1) is 36.8. The first-order chi connectivity index (χ1) is 25.1. The summed E-state index contributed by atoms with van der Waals surface area (Å²) in [5.41, 5.74) is 15.0. The Morgan fingerprint density at radius 2 is 1.29 bits per heavy atom. The van der Waals surface area contributed by atoms with Crippen LogP contribution >= 0.6 is 0 Å². The Morgan fingerprint density at radius 3 is 1.73 bits per heavy atom. The molecule has 0 radical (unpaired) electrons. The highest BCUT2D eigenvalue weighted by Gasteiger charge is 2.24. The molecule has 5 aromatic rings. The van der Waals surface area contributed by atoms with Crippen LogP contribution in [0.3, 0.4) is 0 Å². The standard InChI is InChI=1S/C30H40N18O4/c1-7-9-11-18-21(39-41-25-16(20(50)15-49)13-34-45(25)4)23(31)47(43-18)29-36-28(33-3)37-30(38-29)48-24(32)22(19(44-48)12-10-8-2)40-42-26-17(27(51)52-6)14-35-46(26)5/h13-14,49H,7-12,15,31-32H2,1-6H3,(H,33,36,37,38)/b41-39+,42-40+. The van der Waals surface area contributed by atoms with Gasteiger partial charge in [-0.05, 0) is 25.7 Å². The molecule has 0 aromatic carbocycles. The number of hydrogen-bond acceptors (Lipinski definition) is 18. The Kier molecular flexibility index (Phi) is 11.4. The van der Waals surface area contributed by atoms with E-state index in [4.69, 9.17) is 26.4 Å². The number of ketones is 1. The molecule has 5 rings (SSSR count). The maximum absolute atomic E-state index is 12.3. The lowest BCUT2D eigenvalue weighted by Gasteiger charge is -2.08. The minimum Gasteiger partial charge on any atom is -0.465 e. The van der Waals surface area contributed by atoms with Gasteiger partial charge in [-0.25, -0.2) is 14.2 Å². The van der Waals surface area contributed by atoms with Crippen LogP contribution in [0.1, 0.15) is 71.6 Å². The van der Waals surface area contributed by atoms with E-state index in [0.29, 0.717) is 24.2 Å². The summed E-state index contributed by atoms with van der Waals surface area (Å²) in [6.45, 7) is 3.36. The van der Waals surface area contributed by atoms with Crippen molar-refractivity contribution in [3.63, 3.8) is 0 Å². The number of Topliss-reactive ketones (excluding diaryl/α,β-unsaturated/α-hetero) is 1. The molecule has 22 nitrogen and oxygen atoms in total. The van der Waals surface area contributed by atoms with E-state index < -0.39 is 18.4 Å². The van der Waals surface area contributed by atoms with E-state index in [0.717, 1.165) is 25.7 Å². The average molecular weight is 717 g/mol. The monoisotopic (exact) mass is 716 g/mol. The second kappa shape index (κ2) is 16.1. The lowest BCUT2D eigenvalue weighted by atomic mass is 10.2. The van der Waals surface area contributed by atoms with E-state index in [9.17, 15) is 14.7 Å². The number of azo groups is 2. The van der Waals surface area contributed by atoms with Crippen LogP contribution in [0, 0.1) is 0 Å². The van der Waals surface area contributed by atoms with Crippen LogP contribution in [0.15, 0.2) is 32.9 Å². The van der Waals surface area contributed by atoms with Gasteiger partial charge in [-0.15, -0.1) is 20.5 Å². The zero-order chi connectivity index (χ0) is 37.5. The van der Waals surface area contributed by atoms with E-state index >= 15 is 0 Å². The summed E-state index contributed by atoms with van der Waals surface area (Å²) in [6, 6.07) is 0. The molecule has 0 aliphatic rings. The number of carbonyl (C=O) groups excluding carboxylic acids is 2. The summed E-state index contributed by atoms with van der Waals surface area (Å²) in [5.74, 6) is -0.529. The molecule has 0 saturated heterocycles. The normalized spacial score (nSPS) is 11.7. The fourth-order valence-corrected chi connectivity index (χ4v) is 4.97. The number of anilines is 3. The molecule has 6 N–H and O–H groups in total. The predicted octanol–water partition coefficient (Wildman–Crippen LogP) is 3.39. The van der Waals surface area contributed by atoms with Gasteiger partial charge in [-0.3, -0.25) is 4.79 Å². The van der Waals surface area contributed by atoms with Crippen molar-refractivity contribution in [2.24, 2.45) is 34.6 Å². The van der Waals surface area contributed by atoms with Crippen molar-refractivity contribution in [3.05, 3.63) is 34.9 Å². The molecule has 0 aliphatic carbocycles. The van der Waals surface area contributed by atoms with Crippen LogP contribution < -0.4 is 16.8 Å². The molecule has 274 valence electrons. The number of nitrogens with zero attached hydrogens (tertiary/aromatic N) is 15. The van der Waals surface area contributed by atoms with Crippen molar-refractivity contribution >= 4 is 52.3 Å². The SMILES string of the molecule is CCCCc1nn(-c2nc(NC)nc(-n3nc(CCCC)c(/N=N/c4c(C(=O)OC)cnn4C)c3N)n2)c(N)c1/N=N/c1c(C(=O)CO)cnn1C. The van der Waals surface area contributed by atoms with Gasteiger partial charge in [0.25, 0.3) is 11.9 Å². The van der Waals surface area contributed by atoms with E-state index in [1.165, 1.54) is 38.2 Å². The van der Waals surface area contributed by atoms with Gasteiger partial charge in [-0.2, -0.15) is 44.7 Å². The van der Waals surface area contributed by atoms with Gasteiger partial charge < -0.3 is 26.6 Å². The fraction of sp³-hybridized carbons (Fsp3) is 0.433. The number of esters is 1. The molecule has 5 aromatic heterocycles. The van der Waals surface area contributed by atoms with Crippen molar-refractivity contribution in [2.45, 2.75) is 52.4 Å². The molecule has 0 bridgehead atoms. The molecule has 22 heteroatoms. The maximum atomic E-state index is 12.3. The number of carbonyl (C=O) groups is 2.